The molecule has 1 aromatic rings. The third kappa shape index (κ3) is 10.0. The van der Waals surface area contributed by atoms with Gasteiger partial charge in [-0.1, -0.05) is 13.0 Å². The number of aliphatic hydroxyl groups excluding tert-OH is 4. The Labute approximate surface area is 280 Å². The van der Waals surface area contributed by atoms with Gasteiger partial charge in [0.2, 0.25) is 11.9 Å². The minimum absolute atomic E-state index is 0.0951. The second kappa shape index (κ2) is 18.2. The number of piperazine rings is 1. The van der Waals surface area contributed by atoms with Crippen molar-refractivity contribution in [2.45, 2.75) is 76.5 Å². The number of carbonyl (C=O) groups excluding carboxylic acids is 1. The van der Waals surface area contributed by atoms with Crippen molar-refractivity contribution in [1.82, 2.24) is 19.8 Å². The first-order valence-electron chi connectivity index (χ1n) is 16.9. The molecule has 0 radical (unpaired) electrons. The van der Waals surface area contributed by atoms with Gasteiger partial charge in [-0.25, -0.2) is 18.7 Å². The average Bonchev–Trinajstić information content (AvgIpc) is 3.10. The molecule has 270 valence electrons. The van der Waals surface area contributed by atoms with Crippen LogP contribution >= 0.6 is 0 Å². The van der Waals surface area contributed by atoms with E-state index in [-0.39, 0.29) is 31.0 Å². The molecule has 2 aliphatic heterocycles. The van der Waals surface area contributed by atoms with Crippen LogP contribution in [-0.4, -0.2) is 142 Å². The van der Waals surface area contributed by atoms with Crippen LogP contribution in [0.2, 0.25) is 0 Å². The van der Waals surface area contributed by atoms with Crippen molar-refractivity contribution >= 4 is 11.9 Å². The fourth-order valence-corrected chi connectivity index (χ4v) is 6.36. The van der Waals surface area contributed by atoms with Crippen molar-refractivity contribution < 1.29 is 48.6 Å². The van der Waals surface area contributed by atoms with Gasteiger partial charge in [-0.2, -0.15) is 0 Å². The molecule has 3 aliphatic rings. The SMILES string of the molecule is CCOc1cnc(N2CCC(CCCOC3=CC(F)=C(CC(=O)N4CCN(C[C@H](O)C([O-])[C@H](O)C(O)CO)CC4)C(F)C3C)CC2)nc1. The number of rotatable bonds is 16. The number of aromatic nitrogens is 2. The molecule has 0 bridgehead atoms. The number of hydrogen-bond donors (Lipinski definition) is 4. The molecule has 6 atom stereocenters. The molecule has 15 heteroatoms. The van der Waals surface area contributed by atoms with Gasteiger partial charge in [0.15, 0.2) is 5.75 Å². The predicted molar refractivity (Wildman–Crippen MR) is 170 cm³/mol. The molecular weight excluding hydrogens is 632 g/mol. The fourth-order valence-electron chi connectivity index (χ4n) is 6.36. The van der Waals surface area contributed by atoms with Gasteiger partial charge in [-0.15, -0.1) is 0 Å². The number of ether oxygens (including phenoxy) is 2. The molecule has 4 N–H and O–H groups in total. The van der Waals surface area contributed by atoms with Crippen LogP contribution in [0.25, 0.3) is 0 Å². The first-order chi connectivity index (χ1) is 23.0. The van der Waals surface area contributed by atoms with E-state index in [0.717, 1.165) is 38.8 Å². The first kappa shape index (κ1) is 37.9. The molecule has 48 heavy (non-hydrogen) atoms. The van der Waals surface area contributed by atoms with Gasteiger partial charge in [0.05, 0.1) is 50.8 Å². The van der Waals surface area contributed by atoms with Crippen LogP contribution in [0.1, 0.15) is 46.0 Å². The van der Waals surface area contributed by atoms with E-state index >= 15 is 8.78 Å². The second-order valence-corrected chi connectivity index (χ2v) is 12.8. The van der Waals surface area contributed by atoms with Crippen LogP contribution in [0.3, 0.4) is 0 Å². The molecule has 0 spiro atoms. The smallest absolute Gasteiger partial charge is 0.226 e. The highest BCUT2D eigenvalue weighted by molar-refractivity contribution is 5.79. The largest absolute Gasteiger partial charge is 0.848 e. The lowest BCUT2D eigenvalue weighted by Gasteiger charge is -2.40. The number of nitrogens with zero attached hydrogens (tertiary/aromatic N) is 5. The zero-order chi connectivity index (χ0) is 34.8. The number of alkyl halides is 1. The number of aliphatic hydroxyl groups is 4. The molecule has 4 unspecified atom stereocenters. The molecule has 1 amide bonds. The number of halogens is 2. The Balaban J connectivity index is 1.17. The third-order valence-electron chi connectivity index (χ3n) is 9.45. The Morgan fingerprint density at radius 2 is 1.73 bits per heavy atom. The number of anilines is 1. The van der Waals surface area contributed by atoms with Crippen molar-refractivity contribution in [2.24, 2.45) is 11.8 Å². The van der Waals surface area contributed by atoms with Crippen molar-refractivity contribution in [3.05, 3.63) is 35.6 Å². The van der Waals surface area contributed by atoms with E-state index in [9.17, 15) is 25.2 Å². The summed E-state index contributed by atoms with van der Waals surface area (Å²) in [6.45, 7) is 6.32. The maximum atomic E-state index is 15.4. The lowest BCUT2D eigenvalue weighted by Crippen LogP contribution is -2.58. The summed E-state index contributed by atoms with van der Waals surface area (Å²) in [6, 6.07) is 0. The Bertz CT molecular complexity index is 1220. The third-order valence-corrected chi connectivity index (χ3v) is 9.45. The van der Waals surface area contributed by atoms with Gasteiger partial charge in [0.1, 0.15) is 23.9 Å². The summed E-state index contributed by atoms with van der Waals surface area (Å²) < 4.78 is 41.7. The molecular formula is C33H50F2N5O8-. The first-order valence-corrected chi connectivity index (χ1v) is 16.9. The van der Waals surface area contributed by atoms with Crippen LogP contribution in [0.4, 0.5) is 14.7 Å². The minimum Gasteiger partial charge on any atom is -0.848 e. The van der Waals surface area contributed by atoms with Crippen LogP contribution in [0, 0.1) is 11.8 Å². The van der Waals surface area contributed by atoms with Crippen LogP contribution in [0.5, 0.6) is 5.75 Å². The minimum atomic E-state index is -1.92. The van der Waals surface area contributed by atoms with Crippen molar-refractivity contribution in [3.8, 4) is 5.75 Å². The van der Waals surface area contributed by atoms with E-state index in [1.54, 1.807) is 24.2 Å². The van der Waals surface area contributed by atoms with Gasteiger partial charge in [0.25, 0.3) is 0 Å². The summed E-state index contributed by atoms with van der Waals surface area (Å²) in [5.41, 5.74) is -0.202. The highest BCUT2D eigenvalue weighted by Crippen LogP contribution is 2.35. The van der Waals surface area contributed by atoms with E-state index in [1.165, 1.54) is 11.0 Å². The lowest BCUT2D eigenvalue weighted by molar-refractivity contribution is -0.460. The highest BCUT2D eigenvalue weighted by Gasteiger charge is 2.35. The highest BCUT2D eigenvalue weighted by atomic mass is 19.1. The molecule has 2 saturated heterocycles. The standard InChI is InChI=1S/C33H50F2N5O8/c1-3-47-23-17-36-33(37-18-23)40-8-6-22(7-9-40)5-4-14-48-28-16-25(34)24(30(35)21(28)2)15-29(44)39-12-10-38(11-13-39)19-26(42)31(45)32(46)27(43)20-41/h16-18,21-22,26-27,30-32,41-43,46H,3-15,19-20H2,1-2H3/q-1/t21?,26-,27?,30?,31?,32+/m0/s1. The second-order valence-electron chi connectivity index (χ2n) is 12.8. The Kier molecular flexibility index (Phi) is 14.3. The fraction of sp³-hybridized carbons (Fsp3) is 0.727. The zero-order valence-corrected chi connectivity index (χ0v) is 27.8. The van der Waals surface area contributed by atoms with E-state index < -0.39 is 61.3 Å². The molecule has 0 saturated carbocycles. The summed E-state index contributed by atoms with van der Waals surface area (Å²) in [6.07, 6.45) is -0.765. The van der Waals surface area contributed by atoms with Gasteiger partial charge in [-0.05, 0) is 38.5 Å². The number of amides is 1. The van der Waals surface area contributed by atoms with Gasteiger partial charge >= 0.3 is 0 Å². The van der Waals surface area contributed by atoms with Crippen molar-refractivity contribution in [3.63, 3.8) is 0 Å². The van der Waals surface area contributed by atoms with E-state index in [2.05, 4.69) is 14.9 Å². The van der Waals surface area contributed by atoms with Crippen LogP contribution in [-0.2, 0) is 9.53 Å². The Morgan fingerprint density at radius 1 is 1.06 bits per heavy atom. The molecule has 1 aromatic heterocycles. The Hall–Kier alpha value is -2.95. The lowest BCUT2D eigenvalue weighted by atomic mass is 9.89. The molecule has 3 heterocycles. The summed E-state index contributed by atoms with van der Waals surface area (Å²) in [7, 11) is 0. The quantitative estimate of drug-likeness (QED) is 0.176. The number of β-amino-alcohol motifs (C(OH)–C–C–N with tert-alkyl or cyclic N) is 1. The Morgan fingerprint density at radius 3 is 2.35 bits per heavy atom. The molecule has 0 aromatic carbocycles. The van der Waals surface area contributed by atoms with E-state index in [0.29, 0.717) is 43.9 Å². The summed E-state index contributed by atoms with van der Waals surface area (Å²) in [5, 5.41) is 50.4. The van der Waals surface area contributed by atoms with Gasteiger partial charge in [-0.3, -0.25) is 9.69 Å². The van der Waals surface area contributed by atoms with Crippen LogP contribution in [0.15, 0.2) is 35.6 Å². The van der Waals surface area contributed by atoms with Gasteiger partial charge < -0.3 is 44.8 Å². The summed E-state index contributed by atoms with van der Waals surface area (Å²) in [5.74, 6) is 0.152. The average molecular weight is 683 g/mol. The number of piperidine rings is 1. The van der Waals surface area contributed by atoms with Gasteiger partial charge in [0, 0.05) is 63.4 Å². The molecule has 4 rings (SSSR count). The topological polar surface area (TPSA) is 175 Å². The number of allylic oxidation sites excluding steroid dienone is 3. The van der Waals surface area contributed by atoms with E-state index in [1.807, 2.05) is 6.92 Å². The number of hydrogen-bond acceptors (Lipinski definition) is 12. The summed E-state index contributed by atoms with van der Waals surface area (Å²) in [4.78, 5) is 27.2. The maximum Gasteiger partial charge on any atom is 0.226 e. The zero-order valence-electron chi connectivity index (χ0n) is 27.8. The maximum absolute atomic E-state index is 15.4. The van der Waals surface area contributed by atoms with Crippen molar-refractivity contribution in [1.29, 1.82) is 0 Å². The number of carbonyl (C=O) groups is 1. The molecule has 1 aliphatic carbocycles. The van der Waals surface area contributed by atoms with E-state index in [4.69, 9.17) is 14.6 Å². The van der Waals surface area contributed by atoms with Crippen molar-refractivity contribution in [2.75, 3.05) is 70.5 Å². The normalized spacial score (nSPS) is 23.8. The molecule has 2 fully saturated rings. The molecule has 13 nitrogen and oxygen atoms in total. The van der Waals surface area contributed by atoms with Crippen LogP contribution < -0.4 is 14.7 Å². The summed E-state index contributed by atoms with van der Waals surface area (Å²) >= 11 is 0. The monoisotopic (exact) mass is 682 g/mol. The predicted octanol–water partition coefficient (Wildman–Crippen LogP) is 0.322.